The first-order valence-corrected chi connectivity index (χ1v) is 9.36. The van der Waals surface area contributed by atoms with Crippen LogP contribution in [0.15, 0.2) is 89.7 Å². The van der Waals surface area contributed by atoms with E-state index in [1.54, 1.807) is 55.5 Å². The number of carbonyl (C=O) groups is 1. The first-order valence-electron chi connectivity index (χ1n) is 9.36. The molecule has 3 aromatic carbocycles. The molecule has 0 aliphatic heterocycles. The van der Waals surface area contributed by atoms with E-state index in [2.05, 4.69) is 10.4 Å². The molecule has 5 nitrogen and oxygen atoms in total. The topological polar surface area (TPSA) is 64.0 Å². The average molecular weight is 399 g/mol. The Hall–Kier alpha value is -4.06. The Labute approximate surface area is 172 Å². The second-order valence-corrected chi connectivity index (χ2v) is 6.71. The molecule has 0 aliphatic rings. The zero-order chi connectivity index (χ0) is 21.1. The number of amides is 1. The van der Waals surface area contributed by atoms with Gasteiger partial charge >= 0.3 is 0 Å². The normalized spacial score (nSPS) is 10.6. The smallest absolute Gasteiger partial charge is 0.256 e. The van der Waals surface area contributed by atoms with Gasteiger partial charge in [-0.3, -0.25) is 9.59 Å². The quantitative estimate of drug-likeness (QED) is 0.546. The molecule has 1 N–H and O–H groups in total. The second kappa shape index (κ2) is 8.13. The first-order chi connectivity index (χ1) is 14.5. The average Bonchev–Trinajstić information content (AvgIpc) is 2.78. The zero-order valence-corrected chi connectivity index (χ0v) is 16.2. The SMILES string of the molecule is Cc1nn(-c2ccc(F)cc2)c(NC(=O)c2ccccc2)c(-c2ccccc2)c1=O. The van der Waals surface area contributed by atoms with Crippen LogP contribution in [0.1, 0.15) is 16.1 Å². The van der Waals surface area contributed by atoms with E-state index in [4.69, 9.17) is 0 Å². The Bertz CT molecular complexity index is 1250. The maximum Gasteiger partial charge on any atom is 0.256 e. The summed E-state index contributed by atoms with van der Waals surface area (Å²) in [5.74, 6) is -0.555. The van der Waals surface area contributed by atoms with Crippen molar-refractivity contribution in [2.45, 2.75) is 6.92 Å². The summed E-state index contributed by atoms with van der Waals surface area (Å²) in [5, 5.41) is 7.22. The molecule has 0 atom stereocenters. The molecule has 4 aromatic rings. The van der Waals surface area contributed by atoms with Crippen LogP contribution in [0, 0.1) is 12.7 Å². The second-order valence-electron chi connectivity index (χ2n) is 6.71. The van der Waals surface area contributed by atoms with Gasteiger partial charge in [0.25, 0.3) is 5.91 Å². The number of hydrogen-bond donors (Lipinski definition) is 1. The van der Waals surface area contributed by atoms with Gasteiger partial charge in [0.15, 0.2) is 0 Å². The maximum absolute atomic E-state index is 13.5. The van der Waals surface area contributed by atoms with Crippen molar-refractivity contribution in [3.05, 3.63) is 112 Å². The van der Waals surface area contributed by atoms with Crippen molar-refractivity contribution < 1.29 is 9.18 Å². The summed E-state index contributed by atoms with van der Waals surface area (Å²) < 4.78 is 14.9. The van der Waals surface area contributed by atoms with Crippen molar-refractivity contribution in [3.8, 4) is 16.8 Å². The van der Waals surface area contributed by atoms with E-state index in [1.165, 1.54) is 16.8 Å². The Morgan fingerprint density at radius 1 is 0.900 bits per heavy atom. The summed E-state index contributed by atoms with van der Waals surface area (Å²) in [7, 11) is 0. The van der Waals surface area contributed by atoms with Crippen LogP contribution in [-0.2, 0) is 0 Å². The molecule has 1 amide bonds. The number of aryl methyl sites for hydroxylation is 1. The number of anilines is 1. The lowest BCUT2D eigenvalue weighted by atomic mass is 10.0. The lowest BCUT2D eigenvalue weighted by molar-refractivity contribution is 0.102. The minimum Gasteiger partial charge on any atom is -0.306 e. The molecule has 0 bridgehead atoms. The van der Waals surface area contributed by atoms with E-state index >= 15 is 0 Å². The highest BCUT2D eigenvalue weighted by atomic mass is 19.1. The number of benzene rings is 3. The van der Waals surface area contributed by atoms with Gasteiger partial charge in [0.2, 0.25) is 5.43 Å². The molecule has 148 valence electrons. The first kappa shape index (κ1) is 19.3. The third-order valence-electron chi connectivity index (χ3n) is 4.66. The minimum absolute atomic E-state index is 0.220. The fourth-order valence-electron chi connectivity index (χ4n) is 3.17. The molecule has 0 saturated carbocycles. The van der Waals surface area contributed by atoms with Gasteiger partial charge < -0.3 is 5.32 Å². The van der Waals surface area contributed by atoms with Gasteiger partial charge in [-0.05, 0) is 48.9 Å². The molecule has 1 heterocycles. The number of rotatable bonds is 4. The molecule has 1 aromatic heterocycles. The Morgan fingerprint density at radius 3 is 2.13 bits per heavy atom. The van der Waals surface area contributed by atoms with Crippen molar-refractivity contribution in [1.29, 1.82) is 0 Å². The lowest BCUT2D eigenvalue weighted by Crippen LogP contribution is -2.24. The summed E-state index contributed by atoms with van der Waals surface area (Å²) in [4.78, 5) is 26.0. The largest absolute Gasteiger partial charge is 0.306 e. The Morgan fingerprint density at radius 2 is 1.50 bits per heavy atom. The summed E-state index contributed by atoms with van der Waals surface area (Å²) in [6, 6.07) is 23.4. The van der Waals surface area contributed by atoms with Gasteiger partial charge in [0, 0.05) is 5.56 Å². The molecule has 0 fully saturated rings. The minimum atomic E-state index is -0.394. The Kier molecular flexibility index (Phi) is 5.22. The standard InChI is InChI=1S/C24H18FN3O2/c1-16-22(29)21(17-8-4-2-5-9-17)23(26-24(30)18-10-6-3-7-11-18)28(27-16)20-14-12-19(25)13-15-20/h2-15H,1H3,(H,26,30). The van der Waals surface area contributed by atoms with Crippen LogP contribution >= 0.6 is 0 Å². The van der Waals surface area contributed by atoms with Crippen LogP contribution < -0.4 is 10.7 Å². The molecule has 6 heteroatoms. The highest BCUT2D eigenvalue weighted by molar-refractivity contribution is 6.05. The van der Waals surface area contributed by atoms with Crippen LogP contribution in [0.2, 0.25) is 0 Å². The van der Waals surface area contributed by atoms with Crippen LogP contribution in [0.4, 0.5) is 10.2 Å². The zero-order valence-electron chi connectivity index (χ0n) is 16.2. The summed E-state index contributed by atoms with van der Waals surface area (Å²) in [5.41, 5.74) is 1.89. The van der Waals surface area contributed by atoms with Gasteiger partial charge in [-0.25, -0.2) is 9.07 Å². The van der Waals surface area contributed by atoms with Gasteiger partial charge in [0.1, 0.15) is 17.3 Å². The van der Waals surface area contributed by atoms with E-state index in [1.807, 2.05) is 24.3 Å². The molecule has 0 unspecified atom stereocenters. The molecule has 0 spiro atoms. The molecule has 0 saturated heterocycles. The fraction of sp³-hybridized carbons (Fsp3) is 0.0417. The van der Waals surface area contributed by atoms with Gasteiger partial charge in [-0.15, -0.1) is 0 Å². The fourth-order valence-corrected chi connectivity index (χ4v) is 3.17. The van der Waals surface area contributed by atoms with Crippen molar-refractivity contribution in [2.24, 2.45) is 0 Å². The van der Waals surface area contributed by atoms with Crippen molar-refractivity contribution in [3.63, 3.8) is 0 Å². The van der Waals surface area contributed by atoms with E-state index in [-0.39, 0.29) is 22.8 Å². The van der Waals surface area contributed by atoms with Crippen LogP contribution in [0.3, 0.4) is 0 Å². The molecule has 4 rings (SSSR count). The van der Waals surface area contributed by atoms with Crippen molar-refractivity contribution >= 4 is 11.7 Å². The van der Waals surface area contributed by atoms with E-state index in [9.17, 15) is 14.0 Å². The van der Waals surface area contributed by atoms with E-state index in [0.717, 1.165) is 0 Å². The molecular formula is C24H18FN3O2. The predicted octanol–water partition coefficient (Wildman–Crippen LogP) is 4.60. The highest BCUT2D eigenvalue weighted by Gasteiger charge is 2.20. The van der Waals surface area contributed by atoms with Crippen LogP contribution in [0.5, 0.6) is 0 Å². The molecule has 0 radical (unpaired) electrons. The molecule has 0 aliphatic carbocycles. The third kappa shape index (κ3) is 3.75. The lowest BCUT2D eigenvalue weighted by Gasteiger charge is -2.18. The van der Waals surface area contributed by atoms with Gasteiger partial charge in [0.05, 0.1) is 11.3 Å². The number of nitrogens with one attached hydrogen (secondary N) is 1. The number of halogens is 1. The molecular weight excluding hydrogens is 381 g/mol. The van der Waals surface area contributed by atoms with Crippen LogP contribution in [0.25, 0.3) is 16.8 Å². The van der Waals surface area contributed by atoms with Crippen LogP contribution in [-0.4, -0.2) is 15.7 Å². The highest BCUT2D eigenvalue weighted by Crippen LogP contribution is 2.27. The number of hydrogen-bond acceptors (Lipinski definition) is 3. The van der Waals surface area contributed by atoms with E-state index < -0.39 is 5.82 Å². The molecule has 30 heavy (non-hydrogen) atoms. The van der Waals surface area contributed by atoms with Crippen molar-refractivity contribution in [2.75, 3.05) is 5.32 Å². The number of nitrogens with zero attached hydrogens (tertiary/aromatic N) is 2. The maximum atomic E-state index is 13.5. The predicted molar refractivity (Wildman–Crippen MR) is 114 cm³/mol. The van der Waals surface area contributed by atoms with Crippen molar-refractivity contribution in [1.82, 2.24) is 9.78 Å². The van der Waals surface area contributed by atoms with E-state index in [0.29, 0.717) is 22.4 Å². The summed E-state index contributed by atoms with van der Waals surface area (Å²) in [6.45, 7) is 1.61. The number of aromatic nitrogens is 2. The summed E-state index contributed by atoms with van der Waals surface area (Å²) in [6.07, 6.45) is 0. The van der Waals surface area contributed by atoms with Gasteiger partial charge in [-0.2, -0.15) is 5.10 Å². The van der Waals surface area contributed by atoms with Gasteiger partial charge in [-0.1, -0.05) is 48.5 Å². The number of carbonyl (C=O) groups excluding carboxylic acids is 1. The third-order valence-corrected chi connectivity index (χ3v) is 4.66. The Balaban J connectivity index is 1.96. The monoisotopic (exact) mass is 399 g/mol. The summed E-state index contributed by atoms with van der Waals surface area (Å²) >= 11 is 0.